The summed E-state index contributed by atoms with van der Waals surface area (Å²) >= 11 is 0. The van der Waals surface area contributed by atoms with Gasteiger partial charge in [0.25, 0.3) is 0 Å². The van der Waals surface area contributed by atoms with E-state index in [0.717, 1.165) is 6.04 Å². The fourth-order valence-electron chi connectivity index (χ4n) is 3.24. The molecule has 1 saturated heterocycles. The van der Waals surface area contributed by atoms with Crippen LogP contribution in [0.15, 0.2) is 12.7 Å². The van der Waals surface area contributed by atoms with Crippen molar-refractivity contribution < 1.29 is 0 Å². The Bertz CT molecular complexity index is 183. The van der Waals surface area contributed by atoms with E-state index in [1.807, 2.05) is 0 Å². The zero-order chi connectivity index (χ0) is 9.15. The van der Waals surface area contributed by atoms with Crippen LogP contribution in [0.1, 0.15) is 44.9 Å². The molecule has 1 heterocycles. The Morgan fingerprint density at radius 1 is 1.21 bits per heavy atom. The van der Waals surface area contributed by atoms with Crippen LogP contribution >= 0.6 is 0 Å². The van der Waals surface area contributed by atoms with Gasteiger partial charge in [-0.05, 0) is 37.6 Å². The van der Waals surface area contributed by atoms with Gasteiger partial charge in [0, 0.05) is 6.04 Å². The van der Waals surface area contributed by atoms with Gasteiger partial charge in [-0.1, -0.05) is 25.3 Å². The molecule has 0 amide bonds. The zero-order valence-electron chi connectivity index (χ0n) is 9.23. The Hall–Kier alpha value is -0.340. The predicted molar refractivity (Wildman–Crippen MR) is 61.8 cm³/mol. The molecule has 2 nitrogen and oxygen atoms in total. The van der Waals surface area contributed by atoms with Crippen molar-refractivity contribution in [2.45, 2.75) is 51.0 Å². The van der Waals surface area contributed by atoms with Gasteiger partial charge in [0.15, 0.2) is 0 Å². The van der Waals surface area contributed by atoms with E-state index in [0.29, 0.717) is 5.41 Å². The van der Waals surface area contributed by atoms with E-state index in [-0.39, 0.29) is 6.15 Å². The molecular weight excluding hydrogens is 172 g/mol. The highest BCUT2D eigenvalue weighted by atomic mass is 15.0. The lowest BCUT2D eigenvalue weighted by Gasteiger charge is -2.38. The Labute approximate surface area is 87.7 Å². The molecule has 0 aromatic carbocycles. The average Bonchev–Trinajstić information content (AvgIpc) is 2.52. The second-order valence-corrected chi connectivity index (χ2v) is 4.70. The van der Waals surface area contributed by atoms with Gasteiger partial charge in [0.05, 0.1) is 0 Å². The minimum absolute atomic E-state index is 0. The van der Waals surface area contributed by atoms with Gasteiger partial charge in [0.2, 0.25) is 0 Å². The van der Waals surface area contributed by atoms with Crippen molar-refractivity contribution in [2.75, 3.05) is 6.54 Å². The van der Waals surface area contributed by atoms with E-state index in [1.54, 1.807) is 0 Å². The molecular formula is C12H24N2. The summed E-state index contributed by atoms with van der Waals surface area (Å²) in [4.78, 5) is 0. The lowest BCUT2D eigenvalue weighted by Crippen LogP contribution is -2.37. The third-order valence-electron chi connectivity index (χ3n) is 4.00. The van der Waals surface area contributed by atoms with Crippen molar-refractivity contribution in [3.05, 3.63) is 12.7 Å². The van der Waals surface area contributed by atoms with E-state index in [2.05, 4.69) is 18.0 Å². The molecule has 0 aromatic heterocycles. The van der Waals surface area contributed by atoms with Crippen LogP contribution in [0.25, 0.3) is 0 Å². The van der Waals surface area contributed by atoms with Crippen molar-refractivity contribution >= 4 is 0 Å². The van der Waals surface area contributed by atoms with Crippen LogP contribution in [0.5, 0.6) is 0 Å². The first-order chi connectivity index (χ1) is 6.37. The largest absolute Gasteiger partial charge is 0.344 e. The van der Waals surface area contributed by atoms with E-state index in [9.17, 15) is 0 Å². The van der Waals surface area contributed by atoms with Crippen LogP contribution in [0.4, 0.5) is 0 Å². The predicted octanol–water partition coefficient (Wildman–Crippen LogP) is 3.04. The molecule has 2 aliphatic rings. The third-order valence-corrected chi connectivity index (χ3v) is 4.00. The van der Waals surface area contributed by atoms with Crippen LogP contribution in [-0.4, -0.2) is 12.6 Å². The summed E-state index contributed by atoms with van der Waals surface area (Å²) < 4.78 is 0. The molecule has 14 heavy (non-hydrogen) atoms. The van der Waals surface area contributed by atoms with Crippen LogP contribution < -0.4 is 11.5 Å². The van der Waals surface area contributed by atoms with Gasteiger partial charge in [-0.15, -0.1) is 6.58 Å². The van der Waals surface area contributed by atoms with Crippen molar-refractivity contribution in [1.82, 2.24) is 11.5 Å². The van der Waals surface area contributed by atoms with E-state index < -0.39 is 0 Å². The quantitative estimate of drug-likeness (QED) is 0.667. The highest BCUT2D eigenvalue weighted by molar-refractivity contribution is 5.00. The molecule has 1 atom stereocenters. The summed E-state index contributed by atoms with van der Waals surface area (Å²) in [5, 5.41) is 3.65. The van der Waals surface area contributed by atoms with Crippen LogP contribution in [0.2, 0.25) is 0 Å². The van der Waals surface area contributed by atoms with Crippen LogP contribution in [-0.2, 0) is 0 Å². The lowest BCUT2D eigenvalue weighted by molar-refractivity contribution is 0.164. The molecule has 0 bridgehead atoms. The number of hydrogen-bond acceptors (Lipinski definition) is 2. The summed E-state index contributed by atoms with van der Waals surface area (Å²) in [6.07, 6.45) is 11.9. The lowest BCUT2D eigenvalue weighted by atomic mass is 9.68. The standard InChI is InChI=1S/C12H21N.H3N/c1-2-6-11-12(9-10-13-11)7-4-3-5-8-12;/h2,11,13H,1,3-10H2;1H3. The maximum Gasteiger partial charge on any atom is 0.0158 e. The first kappa shape index (κ1) is 11.7. The van der Waals surface area contributed by atoms with Gasteiger partial charge in [-0.25, -0.2) is 0 Å². The molecule has 0 aromatic rings. The van der Waals surface area contributed by atoms with Gasteiger partial charge in [-0.3, -0.25) is 0 Å². The van der Waals surface area contributed by atoms with Crippen molar-refractivity contribution in [2.24, 2.45) is 5.41 Å². The third kappa shape index (κ3) is 2.01. The Kier molecular flexibility index (Phi) is 4.14. The molecule has 1 saturated carbocycles. The zero-order valence-corrected chi connectivity index (χ0v) is 9.23. The topological polar surface area (TPSA) is 47.0 Å². The van der Waals surface area contributed by atoms with Crippen molar-refractivity contribution in [1.29, 1.82) is 0 Å². The highest BCUT2D eigenvalue weighted by Gasteiger charge is 2.42. The number of hydrogen-bond donors (Lipinski definition) is 2. The van der Waals surface area contributed by atoms with E-state index in [4.69, 9.17) is 0 Å². The normalized spacial score (nSPS) is 29.9. The maximum atomic E-state index is 3.86. The SMILES string of the molecule is C=CCC1NCCC12CCCCC2.N. The summed E-state index contributed by atoms with van der Waals surface area (Å²) in [5.41, 5.74) is 0.659. The number of rotatable bonds is 2. The minimum atomic E-state index is 0. The van der Waals surface area contributed by atoms with Gasteiger partial charge in [0.1, 0.15) is 0 Å². The second-order valence-electron chi connectivity index (χ2n) is 4.70. The first-order valence-electron chi connectivity index (χ1n) is 5.72. The summed E-state index contributed by atoms with van der Waals surface area (Å²) in [5.74, 6) is 0. The molecule has 2 fully saturated rings. The average molecular weight is 196 g/mol. The van der Waals surface area contributed by atoms with Crippen LogP contribution in [0.3, 0.4) is 0 Å². The molecule has 0 radical (unpaired) electrons. The molecule has 82 valence electrons. The smallest absolute Gasteiger partial charge is 0.0158 e. The van der Waals surface area contributed by atoms with Crippen molar-refractivity contribution in [3.8, 4) is 0 Å². The van der Waals surface area contributed by atoms with Crippen LogP contribution in [0, 0.1) is 5.41 Å². The Morgan fingerprint density at radius 3 is 2.57 bits per heavy atom. The molecule has 1 spiro atoms. The maximum absolute atomic E-state index is 3.86. The number of nitrogens with one attached hydrogen (secondary N) is 1. The molecule has 1 aliphatic heterocycles. The summed E-state index contributed by atoms with van der Waals surface area (Å²) in [7, 11) is 0. The molecule has 2 rings (SSSR count). The van der Waals surface area contributed by atoms with Gasteiger partial charge in [-0.2, -0.15) is 0 Å². The van der Waals surface area contributed by atoms with E-state index in [1.165, 1.54) is 51.5 Å². The molecule has 2 heteroatoms. The molecule has 4 N–H and O–H groups in total. The Balaban J connectivity index is 0.000000980. The molecule has 1 aliphatic carbocycles. The van der Waals surface area contributed by atoms with Gasteiger partial charge < -0.3 is 11.5 Å². The fraction of sp³-hybridized carbons (Fsp3) is 0.833. The summed E-state index contributed by atoms with van der Waals surface area (Å²) in [6.45, 7) is 5.10. The van der Waals surface area contributed by atoms with E-state index >= 15 is 0 Å². The second kappa shape index (κ2) is 4.94. The van der Waals surface area contributed by atoms with Crippen molar-refractivity contribution in [3.63, 3.8) is 0 Å². The highest BCUT2D eigenvalue weighted by Crippen LogP contribution is 2.45. The monoisotopic (exact) mass is 196 g/mol. The fourth-order valence-corrected chi connectivity index (χ4v) is 3.24. The Morgan fingerprint density at radius 2 is 1.93 bits per heavy atom. The van der Waals surface area contributed by atoms with Gasteiger partial charge >= 0.3 is 0 Å². The summed E-state index contributed by atoms with van der Waals surface area (Å²) in [6, 6.07) is 0.741. The minimum Gasteiger partial charge on any atom is -0.344 e. The molecule has 1 unspecified atom stereocenters. The first-order valence-corrected chi connectivity index (χ1v) is 5.72.